The molecule has 0 aliphatic carbocycles. The van der Waals surface area contributed by atoms with Crippen molar-refractivity contribution in [2.75, 3.05) is 0 Å². The normalized spacial score (nSPS) is 14.2. The van der Waals surface area contributed by atoms with E-state index in [-0.39, 0.29) is 0 Å². The lowest BCUT2D eigenvalue weighted by Crippen LogP contribution is -1.94. The number of aryl methyl sites for hydroxylation is 3. The van der Waals surface area contributed by atoms with Gasteiger partial charge in [0.2, 0.25) is 0 Å². The van der Waals surface area contributed by atoms with Crippen molar-refractivity contribution in [2.24, 2.45) is 0 Å². The molecule has 1 aromatic heterocycles. The van der Waals surface area contributed by atoms with Crippen LogP contribution in [0.5, 0.6) is 0 Å². The number of benzene rings is 1. The highest BCUT2D eigenvalue weighted by atomic mass is 79.9. The van der Waals surface area contributed by atoms with Crippen molar-refractivity contribution in [1.82, 2.24) is 4.57 Å². The Balaban J connectivity index is 2.62. The minimum Gasteiger partial charge on any atom is -0.344 e. The molecule has 0 unspecified atom stereocenters. The molecule has 1 aliphatic rings. The van der Waals surface area contributed by atoms with E-state index in [0.29, 0.717) is 0 Å². The van der Waals surface area contributed by atoms with E-state index in [1.807, 2.05) is 0 Å². The molecule has 0 radical (unpaired) electrons. The predicted molar refractivity (Wildman–Crippen MR) is 62.8 cm³/mol. The highest BCUT2D eigenvalue weighted by Gasteiger charge is 2.20. The molecule has 0 atom stereocenters. The Labute approximate surface area is 91.9 Å². The number of rotatable bonds is 0. The second kappa shape index (κ2) is 2.63. The largest absolute Gasteiger partial charge is 0.344 e. The quantitative estimate of drug-likeness (QED) is 0.673. The van der Waals surface area contributed by atoms with E-state index in [2.05, 4.69) is 46.5 Å². The van der Waals surface area contributed by atoms with Crippen molar-refractivity contribution in [1.29, 1.82) is 0 Å². The number of hydrogen-bond donors (Lipinski definition) is 0. The summed E-state index contributed by atoms with van der Waals surface area (Å²) >= 11 is 3.64. The summed E-state index contributed by atoms with van der Waals surface area (Å²) in [7, 11) is 0. The van der Waals surface area contributed by atoms with Crippen molar-refractivity contribution in [3.8, 4) is 0 Å². The van der Waals surface area contributed by atoms with Crippen molar-refractivity contribution in [3.63, 3.8) is 0 Å². The molecular weight excluding hydrogens is 238 g/mol. The smallest absolute Gasteiger partial charge is 0.0529 e. The molecule has 2 heterocycles. The van der Waals surface area contributed by atoms with E-state index < -0.39 is 0 Å². The number of aromatic nitrogens is 1. The average Bonchev–Trinajstić information content (AvgIpc) is 2.68. The third-order valence-corrected chi connectivity index (χ3v) is 4.07. The lowest BCUT2D eigenvalue weighted by atomic mass is 10.1. The van der Waals surface area contributed by atoms with Gasteiger partial charge in [-0.15, -0.1) is 0 Å². The summed E-state index contributed by atoms with van der Waals surface area (Å²) in [6, 6.07) is 4.43. The van der Waals surface area contributed by atoms with E-state index in [4.69, 9.17) is 0 Å². The summed E-state index contributed by atoms with van der Waals surface area (Å²) in [5.74, 6) is 0. The molecule has 1 aromatic carbocycles. The summed E-state index contributed by atoms with van der Waals surface area (Å²) in [5.41, 5.74) is 5.80. The topological polar surface area (TPSA) is 4.93 Å². The first-order chi connectivity index (χ1) is 6.70. The van der Waals surface area contributed by atoms with Crippen molar-refractivity contribution in [3.05, 3.63) is 33.4 Å². The molecule has 0 bridgehead atoms. The van der Waals surface area contributed by atoms with E-state index in [0.717, 1.165) is 6.54 Å². The zero-order chi connectivity index (χ0) is 9.87. The molecule has 0 fully saturated rings. The van der Waals surface area contributed by atoms with Gasteiger partial charge >= 0.3 is 0 Å². The number of halogens is 1. The van der Waals surface area contributed by atoms with Gasteiger partial charge in [-0.25, -0.2) is 0 Å². The second-order valence-electron chi connectivity index (χ2n) is 4.04. The fourth-order valence-electron chi connectivity index (χ4n) is 2.54. The Morgan fingerprint density at radius 3 is 2.86 bits per heavy atom. The van der Waals surface area contributed by atoms with Crippen LogP contribution in [-0.4, -0.2) is 4.57 Å². The molecule has 0 amide bonds. The van der Waals surface area contributed by atoms with E-state index in [9.17, 15) is 0 Å². The molecule has 0 N–H and O–H groups in total. The van der Waals surface area contributed by atoms with Gasteiger partial charge in [0, 0.05) is 22.1 Å². The van der Waals surface area contributed by atoms with Crippen LogP contribution in [0.3, 0.4) is 0 Å². The standard InChI is InChI=1S/C12H12BrN/c1-7-8(2)14-6-5-9-3-4-10(13)11(7)12(9)14/h3-4H,5-6H2,1-2H3. The van der Waals surface area contributed by atoms with Crippen molar-refractivity contribution in [2.45, 2.75) is 26.8 Å². The van der Waals surface area contributed by atoms with Gasteiger partial charge in [0.05, 0.1) is 5.52 Å². The van der Waals surface area contributed by atoms with Gasteiger partial charge in [0.25, 0.3) is 0 Å². The zero-order valence-corrected chi connectivity index (χ0v) is 9.98. The molecule has 2 aromatic rings. The highest BCUT2D eigenvalue weighted by molar-refractivity contribution is 9.10. The fraction of sp³-hybridized carbons (Fsp3) is 0.333. The highest BCUT2D eigenvalue weighted by Crippen LogP contribution is 2.37. The molecule has 0 saturated carbocycles. The second-order valence-corrected chi connectivity index (χ2v) is 4.90. The fourth-order valence-corrected chi connectivity index (χ4v) is 3.16. The van der Waals surface area contributed by atoms with Crippen LogP contribution in [0.25, 0.3) is 10.9 Å². The minimum atomic E-state index is 1.15. The first kappa shape index (κ1) is 8.54. The van der Waals surface area contributed by atoms with Crippen LogP contribution in [0, 0.1) is 13.8 Å². The van der Waals surface area contributed by atoms with Gasteiger partial charge in [0.1, 0.15) is 0 Å². The third-order valence-electron chi connectivity index (χ3n) is 3.41. The van der Waals surface area contributed by atoms with E-state index in [1.54, 1.807) is 0 Å². The first-order valence-electron chi connectivity index (χ1n) is 4.97. The summed E-state index contributed by atoms with van der Waals surface area (Å²) in [6.45, 7) is 5.59. The monoisotopic (exact) mass is 249 g/mol. The van der Waals surface area contributed by atoms with Crippen molar-refractivity contribution >= 4 is 26.8 Å². The van der Waals surface area contributed by atoms with Crippen LogP contribution in [-0.2, 0) is 13.0 Å². The van der Waals surface area contributed by atoms with E-state index >= 15 is 0 Å². The minimum absolute atomic E-state index is 1.15. The molecule has 2 heteroatoms. The molecule has 3 rings (SSSR count). The maximum Gasteiger partial charge on any atom is 0.0529 e. The van der Waals surface area contributed by atoms with Gasteiger partial charge in [0.15, 0.2) is 0 Å². The van der Waals surface area contributed by atoms with Crippen LogP contribution < -0.4 is 0 Å². The van der Waals surface area contributed by atoms with Crippen LogP contribution in [0.15, 0.2) is 16.6 Å². The molecule has 1 nitrogen and oxygen atoms in total. The SMILES string of the molecule is Cc1c(C)n2c3c(ccc(Br)c13)CC2. The molecule has 1 aliphatic heterocycles. The number of hydrogen-bond acceptors (Lipinski definition) is 0. The lowest BCUT2D eigenvalue weighted by molar-refractivity contribution is 0.745. The molecule has 14 heavy (non-hydrogen) atoms. The molecule has 72 valence electrons. The van der Waals surface area contributed by atoms with Crippen LogP contribution in [0.2, 0.25) is 0 Å². The Morgan fingerprint density at radius 1 is 1.29 bits per heavy atom. The summed E-state index contributed by atoms with van der Waals surface area (Å²) in [4.78, 5) is 0. The Morgan fingerprint density at radius 2 is 2.07 bits per heavy atom. The van der Waals surface area contributed by atoms with Crippen LogP contribution in [0.1, 0.15) is 16.8 Å². The zero-order valence-electron chi connectivity index (χ0n) is 8.39. The first-order valence-corrected chi connectivity index (χ1v) is 5.76. The lowest BCUT2D eigenvalue weighted by Gasteiger charge is -1.99. The Bertz CT molecular complexity index is 537. The molecule has 0 spiro atoms. The maximum atomic E-state index is 3.64. The Hall–Kier alpha value is -0.760. The van der Waals surface area contributed by atoms with Gasteiger partial charge in [-0.3, -0.25) is 0 Å². The summed E-state index contributed by atoms with van der Waals surface area (Å²) in [5, 5.41) is 1.41. The van der Waals surface area contributed by atoms with Gasteiger partial charge in [-0.2, -0.15) is 0 Å². The predicted octanol–water partition coefficient (Wildman–Crippen LogP) is 3.58. The van der Waals surface area contributed by atoms with Gasteiger partial charge in [-0.05, 0) is 37.5 Å². The van der Waals surface area contributed by atoms with Crippen LogP contribution in [0.4, 0.5) is 0 Å². The van der Waals surface area contributed by atoms with Gasteiger partial charge < -0.3 is 4.57 Å². The van der Waals surface area contributed by atoms with E-state index in [1.165, 1.54) is 38.6 Å². The number of nitrogens with zero attached hydrogens (tertiary/aromatic N) is 1. The summed E-state index contributed by atoms with van der Waals surface area (Å²) < 4.78 is 3.68. The summed E-state index contributed by atoms with van der Waals surface area (Å²) in [6.07, 6.45) is 1.19. The van der Waals surface area contributed by atoms with Crippen LogP contribution >= 0.6 is 15.9 Å². The third kappa shape index (κ3) is 0.850. The van der Waals surface area contributed by atoms with Crippen molar-refractivity contribution < 1.29 is 0 Å². The molecular formula is C12H12BrN. The molecule has 0 saturated heterocycles. The maximum absolute atomic E-state index is 3.64. The average molecular weight is 250 g/mol. The van der Waals surface area contributed by atoms with Gasteiger partial charge in [-0.1, -0.05) is 22.0 Å². The Kier molecular flexibility index (Phi) is 1.61.